The van der Waals surface area contributed by atoms with Crippen molar-refractivity contribution in [1.82, 2.24) is 0 Å². The molecule has 0 N–H and O–H groups in total. The first-order valence-electron chi connectivity index (χ1n) is 15.4. The number of aliphatic imine (C=N–C) groups is 1. The van der Waals surface area contributed by atoms with Gasteiger partial charge in [0.2, 0.25) is 0 Å². The summed E-state index contributed by atoms with van der Waals surface area (Å²) in [4.78, 5) is 4.53. The number of nitrogens with zero attached hydrogens (tertiary/aromatic N) is 1. The maximum atomic E-state index is 8.98. The SMILES string of the molecule is [2H]C([2H])([2H])C([2H])(C)c1cc(C([2H])(C)C([2H])([2H])[2H])c(C(=NC(C)C)SC(C)C)c(C([2H])(C([2H])([2H])[2H])C([2H])([2H])[2H])c1. The molecule has 0 bridgehead atoms. The zero-order chi connectivity index (χ0) is 31.4. The topological polar surface area (TPSA) is 12.4 Å². The highest BCUT2D eigenvalue weighted by Gasteiger charge is 2.22. The van der Waals surface area contributed by atoms with Crippen molar-refractivity contribution < 1.29 is 20.6 Å². The Morgan fingerprint density at radius 2 is 1.46 bits per heavy atom. The van der Waals surface area contributed by atoms with Crippen molar-refractivity contribution in [2.75, 3.05) is 0 Å². The fraction of sp³-hybridized carbons (Fsp3) is 0.682. The van der Waals surface area contributed by atoms with Crippen molar-refractivity contribution in [2.45, 2.75) is 97.9 Å². The quantitative estimate of drug-likeness (QED) is 0.380. The summed E-state index contributed by atoms with van der Waals surface area (Å²) in [7, 11) is 0. The lowest BCUT2D eigenvalue weighted by atomic mass is 9.85. The maximum absolute atomic E-state index is 8.98. The normalized spacial score (nSPS) is 29.8. The lowest BCUT2D eigenvalue weighted by Gasteiger charge is -2.25. The summed E-state index contributed by atoms with van der Waals surface area (Å²) >= 11 is 1.07. The molecule has 0 radical (unpaired) electrons. The average molecular weight is 363 g/mol. The summed E-state index contributed by atoms with van der Waals surface area (Å²) in [6, 6.07) is 1.48. The van der Waals surface area contributed by atoms with Crippen molar-refractivity contribution in [3.8, 4) is 0 Å². The van der Waals surface area contributed by atoms with Crippen LogP contribution in [0.25, 0.3) is 0 Å². The molecule has 1 aromatic rings. The fourth-order valence-corrected chi connectivity index (χ4v) is 3.25. The highest BCUT2D eigenvalue weighted by atomic mass is 32.2. The molecule has 0 spiro atoms. The Balaban J connectivity index is 4.80. The summed E-state index contributed by atoms with van der Waals surface area (Å²) in [6.45, 7) is -4.18. The first kappa shape index (κ1) is 7.86. The minimum atomic E-state index is -3.52. The molecule has 0 aliphatic heterocycles. The molecule has 0 aliphatic rings. The van der Waals surface area contributed by atoms with Crippen LogP contribution in [-0.2, 0) is 0 Å². The van der Waals surface area contributed by atoms with Crippen molar-refractivity contribution in [2.24, 2.45) is 4.99 Å². The zero-order valence-corrected chi connectivity index (χ0v) is 16.0. The molecule has 0 saturated heterocycles. The van der Waals surface area contributed by atoms with E-state index in [1.807, 2.05) is 0 Å². The van der Waals surface area contributed by atoms with E-state index in [0.29, 0.717) is 0 Å². The van der Waals surface area contributed by atoms with E-state index in [1.165, 1.54) is 0 Å². The van der Waals surface area contributed by atoms with Crippen LogP contribution in [0.2, 0.25) is 0 Å². The summed E-state index contributed by atoms with van der Waals surface area (Å²) in [5.41, 5.74) is -1.94. The van der Waals surface area contributed by atoms with Gasteiger partial charge in [0.25, 0.3) is 0 Å². The summed E-state index contributed by atoms with van der Waals surface area (Å²) in [5, 5.41) is -0.206. The van der Waals surface area contributed by atoms with Crippen LogP contribution >= 0.6 is 11.8 Å². The molecule has 1 rings (SSSR count). The van der Waals surface area contributed by atoms with E-state index in [1.54, 1.807) is 27.7 Å². The van der Waals surface area contributed by atoms with Crippen molar-refractivity contribution in [3.63, 3.8) is 0 Å². The van der Waals surface area contributed by atoms with Gasteiger partial charge < -0.3 is 0 Å². The third-order valence-electron chi connectivity index (χ3n) is 3.18. The standard InChI is InChI=1S/C22H37NS/c1-13(2)18-11-19(14(3)4)21(20(12-18)15(5)6)22(23-16(7)8)24-17(9)10/h11-17H,1-10H3/i1D3,3D3,4D3,5D3,13D,14D,15D. The zero-order valence-electron chi connectivity index (χ0n) is 30.2. The van der Waals surface area contributed by atoms with Gasteiger partial charge in [0.1, 0.15) is 0 Å². The monoisotopic (exact) mass is 362 g/mol. The molecule has 2 unspecified atom stereocenters. The van der Waals surface area contributed by atoms with E-state index in [4.69, 9.17) is 20.6 Å². The molecule has 1 aromatic carbocycles. The van der Waals surface area contributed by atoms with Crippen LogP contribution in [0.15, 0.2) is 17.1 Å². The Morgan fingerprint density at radius 3 is 1.92 bits per heavy atom. The highest BCUT2D eigenvalue weighted by Crippen LogP contribution is 2.35. The second-order valence-electron chi connectivity index (χ2n) is 6.27. The number of rotatable bonds is 6. The Kier molecular flexibility index (Phi) is 2.97. The Labute approximate surface area is 175 Å². The predicted molar refractivity (Wildman–Crippen MR) is 113 cm³/mol. The molecule has 136 valence electrons. The lowest BCUT2D eigenvalue weighted by molar-refractivity contribution is 0.798. The molecular formula is C22H37NS. The molecule has 1 nitrogen and oxygen atoms in total. The molecule has 2 atom stereocenters. The molecule has 2 heteroatoms. The second-order valence-corrected chi connectivity index (χ2v) is 7.83. The van der Waals surface area contributed by atoms with E-state index in [2.05, 4.69) is 4.99 Å². The Morgan fingerprint density at radius 1 is 0.917 bits per heavy atom. The Bertz CT molecular complexity index is 1040. The van der Waals surface area contributed by atoms with E-state index >= 15 is 0 Å². The van der Waals surface area contributed by atoms with Crippen LogP contribution in [0.1, 0.15) is 129 Å². The minimum absolute atomic E-state index is 0.0185. The van der Waals surface area contributed by atoms with Gasteiger partial charge in [0, 0.05) is 37.4 Å². The smallest absolute Gasteiger partial charge is 0.0988 e. The molecule has 24 heavy (non-hydrogen) atoms. The van der Waals surface area contributed by atoms with Crippen LogP contribution in [0.3, 0.4) is 0 Å². The molecule has 0 heterocycles. The molecule has 0 aromatic heterocycles. The van der Waals surface area contributed by atoms with Crippen molar-refractivity contribution in [1.29, 1.82) is 0 Å². The maximum Gasteiger partial charge on any atom is 0.0988 e. The van der Waals surface area contributed by atoms with E-state index in [9.17, 15) is 0 Å². The van der Waals surface area contributed by atoms with Gasteiger partial charge in [0.15, 0.2) is 0 Å². The van der Waals surface area contributed by atoms with Crippen LogP contribution in [0.4, 0.5) is 0 Å². The first-order chi connectivity index (χ1) is 16.9. The number of hydrogen-bond acceptors (Lipinski definition) is 2. The first-order valence-corrected chi connectivity index (χ1v) is 8.77. The molecule has 0 amide bonds. The largest absolute Gasteiger partial charge is 0.275 e. The summed E-state index contributed by atoms with van der Waals surface area (Å²) in [5.74, 6) is -8.42. The van der Waals surface area contributed by atoms with Crippen molar-refractivity contribution >= 4 is 16.8 Å². The summed E-state index contributed by atoms with van der Waals surface area (Å²) < 4.78 is 123. The van der Waals surface area contributed by atoms with Gasteiger partial charge in [-0.3, -0.25) is 4.99 Å². The second kappa shape index (κ2) is 9.08. The van der Waals surface area contributed by atoms with Gasteiger partial charge in [-0.05, 0) is 48.2 Å². The number of thioether (sulfide) groups is 1. The number of hydrogen-bond donors (Lipinski definition) is 0. The third kappa shape index (κ3) is 5.65. The van der Waals surface area contributed by atoms with Crippen LogP contribution in [-0.4, -0.2) is 16.3 Å². The molecule has 0 fully saturated rings. The highest BCUT2D eigenvalue weighted by molar-refractivity contribution is 8.14. The minimum Gasteiger partial charge on any atom is -0.275 e. The van der Waals surface area contributed by atoms with E-state index in [-0.39, 0.29) is 15.9 Å². The summed E-state index contributed by atoms with van der Waals surface area (Å²) in [6.07, 6.45) is 0. The van der Waals surface area contributed by atoms with Gasteiger partial charge in [0.05, 0.1) is 5.04 Å². The van der Waals surface area contributed by atoms with Crippen LogP contribution in [0.5, 0.6) is 0 Å². The van der Waals surface area contributed by atoms with Gasteiger partial charge in [-0.15, -0.1) is 11.8 Å². The van der Waals surface area contributed by atoms with Gasteiger partial charge in [-0.25, -0.2) is 0 Å². The molecule has 0 saturated carbocycles. The third-order valence-corrected chi connectivity index (χ3v) is 4.19. The average Bonchev–Trinajstić information content (AvgIpc) is 2.67. The van der Waals surface area contributed by atoms with Gasteiger partial charge >= 0.3 is 0 Å². The van der Waals surface area contributed by atoms with E-state index in [0.717, 1.165) is 37.7 Å². The van der Waals surface area contributed by atoms with Gasteiger partial charge in [-0.2, -0.15) is 0 Å². The predicted octanol–water partition coefficient (Wildman–Crippen LogP) is 7.35. The van der Waals surface area contributed by atoms with Crippen LogP contribution < -0.4 is 0 Å². The fourth-order valence-electron chi connectivity index (χ4n) is 2.19. The number of benzene rings is 1. The van der Waals surface area contributed by atoms with E-state index < -0.39 is 67.8 Å². The Hall–Kier alpha value is -0.760. The van der Waals surface area contributed by atoms with Crippen molar-refractivity contribution in [3.05, 3.63) is 34.4 Å². The molecule has 0 aliphatic carbocycles. The van der Waals surface area contributed by atoms with Crippen LogP contribution in [0, 0.1) is 0 Å². The lowest BCUT2D eigenvalue weighted by Crippen LogP contribution is -2.14. The van der Waals surface area contributed by atoms with Gasteiger partial charge in [-0.1, -0.05) is 67.2 Å². The molecular weight excluding hydrogens is 310 g/mol.